The highest BCUT2D eigenvalue weighted by Crippen LogP contribution is 2.47. The predicted octanol–water partition coefficient (Wildman–Crippen LogP) is 2.87. The molecule has 26 heavy (non-hydrogen) atoms. The molecule has 0 amide bonds. The molecule has 1 rings (SSSR count). The van der Waals surface area contributed by atoms with Crippen molar-refractivity contribution in [1.82, 2.24) is 0 Å². The number of hydrogen-bond acceptors (Lipinski definition) is 6. The number of halogens is 7. The molecule has 14 heteroatoms. The van der Waals surface area contributed by atoms with Crippen molar-refractivity contribution < 1.29 is 53.6 Å². The number of alkyl halides is 6. The third-order valence-electron chi connectivity index (χ3n) is 2.95. The van der Waals surface area contributed by atoms with Crippen LogP contribution in [0, 0.1) is 3.57 Å². The van der Waals surface area contributed by atoms with E-state index in [-0.39, 0.29) is 0 Å². The standard InChI is InChI=1S/C12H9F6IO6S/c1-24-8-4-6(19)2-3-7(8)9(20)25-10(11(13,14)15,12(16,17)18)5-26(21,22)23/h2-4H,5H2,1H3,(H,21,22,23)/p-1. The first-order valence-corrected chi connectivity index (χ1v) is 8.83. The molecular formula is C12H8F6IO6S-. The van der Waals surface area contributed by atoms with Crippen molar-refractivity contribution in [3.05, 3.63) is 27.3 Å². The highest BCUT2D eigenvalue weighted by molar-refractivity contribution is 14.1. The van der Waals surface area contributed by atoms with Gasteiger partial charge in [-0.1, -0.05) is 0 Å². The van der Waals surface area contributed by atoms with E-state index in [4.69, 9.17) is 0 Å². The Balaban J connectivity index is 3.53. The molecule has 0 heterocycles. The Bertz CT molecular complexity index is 774. The highest BCUT2D eigenvalue weighted by Gasteiger charge is 2.75. The van der Waals surface area contributed by atoms with Crippen molar-refractivity contribution in [2.24, 2.45) is 0 Å². The SMILES string of the molecule is COc1cc(I)ccc1C(=O)OC(CS(=O)(=O)[O-])(C(F)(F)F)C(F)(F)F. The molecule has 0 spiro atoms. The Morgan fingerprint density at radius 2 is 1.65 bits per heavy atom. The monoisotopic (exact) mass is 521 g/mol. The van der Waals surface area contributed by atoms with Gasteiger partial charge in [-0.05, 0) is 40.8 Å². The lowest BCUT2D eigenvalue weighted by Gasteiger charge is -2.36. The van der Waals surface area contributed by atoms with Gasteiger partial charge in [0.15, 0.2) is 0 Å². The molecule has 0 unspecified atom stereocenters. The van der Waals surface area contributed by atoms with E-state index in [1.807, 2.05) is 0 Å². The van der Waals surface area contributed by atoms with E-state index < -0.39 is 51.1 Å². The van der Waals surface area contributed by atoms with Crippen molar-refractivity contribution >= 4 is 38.7 Å². The Labute approximate surface area is 156 Å². The molecule has 148 valence electrons. The van der Waals surface area contributed by atoms with Gasteiger partial charge in [-0.15, -0.1) is 0 Å². The summed E-state index contributed by atoms with van der Waals surface area (Å²) in [6, 6.07) is 3.10. The second kappa shape index (κ2) is 7.38. The number of carbonyl (C=O) groups excluding carboxylic acids is 1. The van der Waals surface area contributed by atoms with Gasteiger partial charge in [-0.25, -0.2) is 13.2 Å². The summed E-state index contributed by atoms with van der Waals surface area (Å²) in [7, 11) is -5.11. The van der Waals surface area contributed by atoms with Gasteiger partial charge in [0.1, 0.15) is 11.3 Å². The lowest BCUT2D eigenvalue weighted by molar-refractivity contribution is -0.356. The van der Waals surface area contributed by atoms with Crippen LogP contribution in [0.3, 0.4) is 0 Å². The minimum Gasteiger partial charge on any atom is -0.748 e. The van der Waals surface area contributed by atoms with E-state index >= 15 is 0 Å². The van der Waals surface area contributed by atoms with Crippen molar-refractivity contribution in [1.29, 1.82) is 0 Å². The number of esters is 1. The van der Waals surface area contributed by atoms with Crippen LogP contribution in [0.2, 0.25) is 0 Å². The summed E-state index contributed by atoms with van der Waals surface area (Å²) in [5.41, 5.74) is -6.36. The van der Waals surface area contributed by atoms with E-state index in [9.17, 15) is 44.1 Å². The predicted molar refractivity (Wildman–Crippen MR) is 80.5 cm³/mol. The fourth-order valence-electron chi connectivity index (χ4n) is 1.77. The average Bonchev–Trinajstić information content (AvgIpc) is 2.42. The topological polar surface area (TPSA) is 92.7 Å². The molecular weight excluding hydrogens is 513 g/mol. The summed E-state index contributed by atoms with van der Waals surface area (Å²) in [6.45, 7) is 0. The molecule has 6 nitrogen and oxygen atoms in total. The van der Waals surface area contributed by atoms with E-state index in [1.165, 1.54) is 0 Å². The zero-order chi connectivity index (χ0) is 20.6. The molecule has 0 aliphatic rings. The molecule has 0 radical (unpaired) electrons. The molecule has 0 aromatic heterocycles. The third kappa shape index (κ3) is 4.91. The van der Waals surface area contributed by atoms with Crippen LogP contribution < -0.4 is 4.74 Å². The first-order chi connectivity index (χ1) is 11.5. The van der Waals surface area contributed by atoms with Crippen LogP contribution >= 0.6 is 22.6 Å². The summed E-state index contributed by atoms with van der Waals surface area (Å²) < 4.78 is 119. The zero-order valence-corrected chi connectivity index (χ0v) is 15.4. The maximum Gasteiger partial charge on any atom is 0.438 e. The maximum absolute atomic E-state index is 13.1. The number of ether oxygens (including phenoxy) is 2. The molecule has 0 N–H and O–H groups in total. The third-order valence-corrected chi connectivity index (χ3v) is 4.38. The van der Waals surface area contributed by atoms with Crippen LogP contribution in [0.15, 0.2) is 18.2 Å². The first kappa shape index (κ1) is 22.8. The fraction of sp³-hybridized carbons (Fsp3) is 0.417. The Kier molecular flexibility index (Phi) is 6.46. The molecule has 0 bridgehead atoms. The van der Waals surface area contributed by atoms with Gasteiger partial charge in [0.25, 0.3) is 0 Å². The van der Waals surface area contributed by atoms with Gasteiger partial charge >= 0.3 is 23.9 Å². The summed E-state index contributed by atoms with van der Waals surface area (Å²) in [4.78, 5) is 11.9. The zero-order valence-electron chi connectivity index (χ0n) is 12.4. The van der Waals surface area contributed by atoms with E-state index in [0.29, 0.717) is 3.57 Å². The summed E-state index contributed by atoms with van der Waals surface area (Å²) >= 11 is 1.73. The van der Waals surface area contributed by atoms with Gasteiger partial charge in [-0.3, -0.25) is 0 Å². The smallest absolute Gasteiger partial charge is 0.438 e. The molecule has 0 atom stereocenters. The van der Waals surface area contributed by atoms with Crippen molar-refractivity contribution in [3.8, 4) is 5.75 Å². The lowest BCUT2D eigenvalue weighted by Crippen LogP contribution is -2.63. The van der Waals surface area contributed by atoms with Gasteiger partial charge in [0, 0.05) is 3.57 Å². The summed E-state index contributed by atoms with van der Waals surface area (Å²) in [5.74, 6) is -5.65. The van der Waals surface area contributed by atoms with Gasteiger partial charge < -0.3 is 14.0 Å². The van der Waals surface area contributed by atoms with Crippen molar-refractivity contribution in [2.45, 2.75) is 18.0 Å². The first-order valence-electron chi connectivity index (χ1n) is 6.18. The van der Waals surface area contributed by atoms with Crippen molar-refractivity contribution in [2.75, 3.05) is 12.9 Å². The number of carbonyl (C=O) groups is 1. The minimum absolute atomic E-state index is 0.412. The molecule has 0 fully saturated rings. The van der Waals surface area contributed by atoms with Gasteiger partial charge in [-0.2, -0.15) is 26.3 Å². The van der Waals surface area contributed by atoms with Crippen LogP contribution in [-0.2, 0) is 14.9 Å². The van der Waals surface area contributed by atoms with Gasteiger partial charge in [0.05, 0.1) is 23.0 Å². The molecule has 1 aromatic carbocycles. The minimum atomic E-state index is -6.44. The molecule has 0 saturated carbocycles. The Morgan fingerprint density at radius 3 is 2.04 bits per heavy atom. The fourth-order valence-corrected chi connectivity index (χ4v) is 3.11. The molecule has 0 saturated heterocycles. The van der Waals surface area contributed by atoms with Crippen molar-refractivity contribution in [3.63, 3.8) is 0 Å². The number of benzene rings is 1. The largest absolute Gasteiger partial charge is 0.748 e. The van der Waals surface area contributed by atoms with E-state index in [2.05, 4.69) is 9.47 Å². The maximum atomic E-state index is 13.1. The van der Waals surface area contributed by atoms with Crippen LogP contribution in [0.1, 0.15) is 10.4 Å². The highest BCUT2D eigenvalue weighted by atomic mass is 127. The number of methoxy groups -OCH3 is 1. The summed E-state index contributed by atoms with van der Waals surface area (Å²) in [5, 5.41) is 0. The lowest BCUT2D eigenvalue weighted by atomic mass is 10.1. The second-order valence-corrected chi connectivity index (χ2v) is 7.41. The van der Waals surface area contributed by atoms with Crippen LogP contribution in [-0.4, -0.2) is 49.8 Å². The van der Waals surface area contributed by atoms with E-state index in [1.54, 1.807) is 22.6 Å². The van der Waals surface area contributed by atoms with E-state index in [0.717, 1.165) is 25.3 Å². The molecule has 1 aromatic rings. The average molecular weight is 521 g/mol. The second-order valence-electron chi connectivity index (χ2n) is 4.76. The van der Waals surface area contributed by atoms with Crippen LogP contribution in [0.25, 0.3) is 0 Å². The number of hydrogen-bond donors (Lipinski definition) is 0. The normalized spacial score (nSPS) is 13.4. The van der Waals surface area contributed by atoms with Crippen LogP contribution in [0.4, 0.5) is 26.3 Å². The Morgan fingerprint density at radius 1 is 1.15 bits per heavy atom. The van der Waals surface area contributed by atoms with Crippen LogP contribution in [0.5, 0.6) is 5.75 Å². The molecule has 0 aliphatic heterocycles. The Hall–Kier alpha value is -1.29. The number of rotatable bonds is 5. The molecule has 0 aliphatic carbocycles. The summed E-state index contributed by atoms with van der Waals surface area (Å²) in [6.07, 6.45) is -12.9. The van der Waals surface area contributed by atoms with Gasteiger partial charge in [0.2, 0.25) is 0 Å². The quantitative estimate of drug-likeness (QED) is 0.256.